The topological polar surface area (TPSA) is 35.2 Å². The van der Waals surface area contributed by atoms with Crippen LogP contribution in [0.5, 0.6) is 5.75 Å². The van der Waals surface area contributed by atoms with Gasteiger partial charge in [0.05, 0.1) is 13.2 Å². The lowest BCUT2D eigenvalue weighted by atomic mass is 9.96. The molecule has 1 unspecified atom stereocenters. The highest BCUT2D eigenvalue weighted by Gasteiger charge is 2.11. The summed E-state index contributed by atoms with van der Waals surface area (Å²) in [6, 6.07) is 14.0. The van der Waals surface area contributed by atoms with Gasteiger partial charge >= 0.3 is 0 Å². The van der Waals surface area contributed by atoms with Crippen LogP contribution < -0.4 is 10.5 Å². The van der Waals surface area contributed by atoms with Crippen LogP contribution >= 0.6 is 15.9 Å². The van der Waals surface area contributed by atoms with Gasteiger partial charge in [0.15, 0.2) is 0 Å². The van der Waals surface area contributed by atoms with Gasteiger partial charge in [-0.1, -0.05) is 34.1 Å². The SMILES string of the molecule is COc1ccc(C(N)c2ccc(Br)cc2)c(C)c1. The number of hydrogen-bond donors (Lipinski definition) is 1. The second-order valence-electron chi connectivity index (χ2n) is 4.25. The number of hydrogen-bond acceptors (Lipinski definition) is 2. The molecule has 0 saturated heterocycles. The molecule has 2 rings (SSSR count). The molecule has 2 aromatic carbocycles. The summed E-state index contributed by atoms with van der Waals surface area (Å²) in [6.07, 6.45) is 0. The first-order chi connectivity index (χ1) is 8.61. The highest BCUT2D eigenvalue weighted by molar-refractivity contribution is 9.10. The third-order valence-electron chi connectivity index (χ3n) is 3.04. The minimum Gasteiger partial charge on any atom is -0.497 e. The standard InChI is InChI=1S/C15H16BrNO/c1-10-9-13(18-2)7-8-14(10)15(17)11-3-5-12(16)6-4-11/h3-9,15H,17H2,1-2H3. The molecule has 0 spiro atoms. The molecule has 0 saturated carbocycles. The molecule has 2 nitrogen and oxygen atoms in total. The van der Waals surface area contributed by atoms with E-state index in [4.69, 9.17) is 10.5 Å². The Bertz CT molecular complexity index is 537. The molecule has 3 heteroatoms. The van der Waals surface area contributed by atoms with Gasteiger partial charge in [0.2, 0.25) is 0 Å². The van der Waals surface area contributed by atoms with Crippen LogP contribution in [0.15, 0.2) is 46.9 Å². The largest absolute Gasteiger partial charge is 0.497 e. The van der Waals surface area contributed by atoms with Gasteiger partial charge in [0, 0.05) is 4.47 Å². The zero-order valence-corrected chi connectivity index (χ0v) is 12.1. The Morgan fingerprint density at radius 1 is 1.11 bits per heavy atom. The van der Waals surface area contributed by atoms with Crippen LogP contribution in [0.25, 0.3) is 0 Å². The third-order valence-corrected chi connectivity index (χ3v) is 3.57. The average Bonchev–Trinajstić information content (AvgIpc) is 2.38. The van der Waals surface area contributed by atoms with Gasteiger partial charge in [-0.25, -0.2) is 0 Å². The van der Waals surface area contributed by atoms with Crippen LogP contribution in [-0.4, -0.2) is 7.11 Å². The van der Waals surface area contributed by atoms with Crippen LogP contribution in [0.1, 0.15) is 22.7 Å². The minimum absolute atomic E-state index is 0.107. The lowest BCUT2D eigenvalue weighted by molar-refractivity contribution is 0.414. The van der Waals surface area contributed by atoms with Gasteiger partial charge < -0.3 is 10.5 Å². The maximum Gasteiger partial charge on any atom is 0.119 e. The normalized spacial score (nSPS) is 12.2. The number of nitrogens with two attached hydrogens (primary N) is 1. The number of aryl methyl sites for hydroxylation is 1. The number of benzene rings is 2. The lowest BCUT2D eigenvalue weighted by Gasteiger charge is -2.16. The first-order valence-corrected chi connectivity index (χ1v) is 6.56. The predicted octanol–water partition coefficient (Wildman–Crippen LogP) is 3.81. The molecule has 0 aliphatic rings. The van der Waals surface area contributed by atoms with Crippen LogP contribution in [0, 0.1) is 6.92 Å². The highest BCUT2D eigenvalue weighted by atomic mass is 79.9. The molecule has 94 valence electrons. The molecule has 0 radical (unpaired) electrons. The van der Waals surface area contributed by atoms with Crippen molar-refractivity contribution < 1.29 is 4.74 Å². The van der Waals surface area contributed by atoms with Crippen molar-refractivity contribution in [1.29, 1.82) is 0 Å². The van der Waals surface area contributed by atoms with Gasteiger partial charge in [-0.05, 0) is 47.9 Å². The summed E-state index contributed by atoms with van der Waals surface area (Å²) < 4.78 is 6.26. The quantitative estimate of drug-likeness (QED) is 0.936. The first-order valence-electron chi connectivity index (χ1n) is 5.77. The highest BCUT2D eigenvalue weighted by Crippen LogP contribution is 2.26. The van der Waals surface area contributed by atoms with Crippen LogP contribution in [0.4, 0.5) is 0 Å². The zero-order valence-electron chi connectivity index (χ0n) is 10.5. The molecule has 0 aliphatic heterocycles. The molecule has 0 aromatic heterocycles. The van der Waals surface area contributed by atoms with Crippen molar-refractivity contribution in [2.45, 2.75) is 13.0 Å². The second kappa shape index (κ2) is 5.55. The fourth-order valence-corrected chi connectivity index (χ4v) is 2.24. The van der Waals surface area contributed by atoms with Gasteiger partial charge in [-0.15, -0.1) is 0 Å². The maximum absolute atomic E-state index is 6.30. The van der Waals surface area contributed by atoms with Crippen molar-refractivity contribution >= 4 is 15.9 Å². The molecule has 0 heterocycles. The van der Waals surface area contributed by atoms with Crippen molar-refractivity contribution in [3.63, 3.8) is 0 Å². The Kier molecular flexibility index (Phi) is 4.04. The van der Waals surface area contributed by atoms with Gasteiger partial charge in [0.25, 0.3) is 0 Å². The van der Waals surface area contributed by atoms with Gasteiger partial charge in [0.1, 0.15) is 5.75 Å². The monoisotopic (exact) mass is 305 g/mol. The summed E-state index contributed by atoms with van der Waals surface area (Å²) in [5.74, 6) is 0.860. The van der Waals surface area contributed by atoms with Crippen molar-refractivity contribution in [3.05, 3.63) is 63.6 Å². The average molecular weight is 306 g/mol. The van der Waals surface area contributed by atoms with E-state index in [2.05, 4.69) is 22.9 Å². The Balaban J connectivity index is 2.33. The molecule has 1 atom stereocenters. The zero-order chi connectivity index (χ0) is 13.1. The number of ether oxygens (including phenoxy) is 1. The summed E-state index contributed by atoms with van der Waals surface area (Å²) in [7, 11) is 1.67. The molecule has 0 fully saturated rings. The fraction of sp³-hybridized carbons (Fsp3) is 0.200. The molecular formula is C15H16BrNO. The second-order valence-corrected chi connectivity index (χ2v) is 5.17. The molecule has 0 bridgehead atoms. The van der Waals surface area contributed by atoms with E-state index in [1.807, 2.05) is 42.5 Å². The fourth-order valence-electron chi connectivity index (χ4n) is 1.97. The van der Waals surface area contributed by atoms with E-state index in [1.165, 1.54) is 0 Å². The van der Waals surface area contributed by atoms with Crippen molar-refractivity contribution in [2.75, 3.05) is 7.11 Å². The Morgan fingerprint density at radius 3 is 2.33 bits per heavy atom. The van der Waals surface area contributed by atoms with E-state index in [0.717, 1.165) is 26.9 Å². The Morgan fingerprint density at radius 2 is 1.78 bits per heavy atom. The van der Waals surface area contributed by atoms with E-state index in [-0.39, 0.29) is 6.04 Å². The number of rotatable bonds is 3. The Labute approximate surface area is 116 Å². The molecule has 2 aromatic rings. The summed E-state index contributed by atoms with van der Waals surface area (Å²) in [6.45, 7) is 2.05. The van der Waals surface area contributed by atoms with Gasteiger partial charge in [-0.2, -0.15) is 0 Å². The molecular weight excluding hydrogens is 290 g/mol. The van der Waals surface area contributed by atoms with Crippen molar-refractivity contribution in [1.82, 2.24) is 0 Å². The van der Waals surface area contributed by atoms with Gasteiger partial charge in [-0.3, -0.25) is 0 Å². The van der Waals surface area contributed by atoms with E-state index in [0.29, 0.717) is 0 Å². The minimum atomic E-state index is -0.107. The summed E-state index contributed by atoms with van der Waals surface area (Å²) >= 11 is 3.43. The molecule has 2 N–H and O–H groups in total. The first kappa shape index (κ1) is 13.1. The maximum atomic E-state index is 6.30. The van der Waals surface area contributed by atoms with E-state index < -0.39 is 0 Å². The number of methoxy groups -OCH3 is 1. The van der Waals surface area contributed by atoms with E-state index in [9.17, 15) is 0 Å². The van der Waals surface area contributed by atoms with E-state index in [1.54, 1.807) is 7.11 Å². The smallest absolute Gasteiger partial charge is 0.119 e. The summed E-state index contributed by atoms with van der Waals surface area (Å²) in [5, 5.41) is 0. The Hall–Kier alpha value is -1.32. The van der Waals surface area contributed by atoms with Crippen molar-refractivity contribution in [2.24, 2.45) is 5.73 Å². The summed E-state index contributed by atoms with van der Waals surface area (Å²) in [4.78, 5) is 0. The van der Waals surface area contributed by atoms with Crippen LogP contribution in [0.2, 0.25) is 0 Å². The summed E-state index contributed by atoms with van der Waals surface area (Å²) in [5.41, 5.74) is 9.67. The van der Waals surface area contributed by atoms with Crippen LogP contribution in [-0.2, 0) is 0 Å². The predicted molar refractivity (Wildman–Crippen MR) is 77.9 cm³/mol. The molecule has 18 heavy (non-hydrogen) atoms. The van der Waals surface area contributed by atoms with E-state index >= 15 is 0 Å². The number of halogens is 1. The molecule has 0 amide bonds. The molecule has 0 aliphatic carbocycles. The third kappa shape index (κ3) is 2.74. The van der Waals surface area contributed by atoms with Crippen LogP contribution in [0.3, 0.4) is 0 Å². The lowest BCUT2D eigenvalue weighted by Crippen LogP contribution is -2.13. The van der Waals surface area contributed by atoms with Crippen molar-refractivity contribution in [3.8, 4) is 5.75 Å².